The Labute approximate surface area is 516 Å². The van der Waals surface area contributed by atoms with Gasteiger partial charge in [0.1, 0.15) is 11.6 Å². The fourth-order valence-corrected chi connectivity index (χ4v) is 14.3. The van der Waals surface area contributed by atoms with E-state index >= 15 is 0 Å². The zero-order valence-electron chi connectivity index (χ0n) is 52.8. The lowest BCUT2D eigenvalue weighted by Gasteiger charge is -2.45. The molecule has 3 amide bonds. The van der Waals surface area contributed by atoms with E-state index in [4.69, 9.17) is 0 Å². The van der Waals surface area contributed by atoms with Crippen LogP contribution in [0.3, 0.4) is 0 Å². The highest BCUT2D eigenvalue weighted by Crippen LogP contribution is 2.41. The van der Waals surface area contributed by atoms with Gasteiger partial charge in [-0.25, -0.2) is 8.78 Å². The van der Waals surface area contributed by atoms with Gasteiger partial charge in [-0.3, -0.25) is 48.3 Å². The maximum Gasteiger partial charge on any atom is 0.251 e. The lowest BCUT2D eigenvalue weighted by Crippen LogP contribution is -2.63. The van der Waals surface area contributed by atoms with Crippen molar-refractivity contribution >= 4 is 29.1 Å². The van der Waals surface area contributed by atoms with Crippen LogP contribution in [-0.4, -0.2) is 220 Å². The fraction of sp³-hybridized carbons (Fsp3) is 0.591. The summed E-state index contributed by atoms with van der Waals surface area (Å²) >= 11 is 0. The molecule has 474 valence electrons. The van der Waals surface area contributed by atoms with Crippen molar-refractivity contribution in [2.75, 3.05) is 121 Å². The number of aromatic amines is 2. The van der Waals surface area contributed by atoms with Gasteiger partial charge in [-0.2, -0.15) is 0 Å². The number of hydrogen-bond donors (Lipinski definition) is 4. The van der Waals surface area contributed by atoms with Crippen LogP contribution in [0, 0.1) is 11.6 Å². The molecule has 0 radical (unpaired) electrons. The molecule has 4 N–H and O–H groups in total. The number of amides is 3. The van der Waals surface area contributed by atoms with Gasteiger partial charge >= 0.3 is 0 Å². The number of aryl methyl sites for hydroxylation is 1. The minimum Gasteiger partial charge on any atom is -0.340 e. The molecule has 0 spiro atoms. The monoisotopic (exact) mass is 1210 g/mol. The third kappa shape index (κ3) is 14.5. The molecule has 4 fully saturated rings. The van der Waals surface area contributed by atoms with E-state index in [1.807, 2.05) is 51.6 Å². The molecule has 22 heteroatoms. The number of benzene rings is 2. The largest absolute Gasteiger partial charge is 0.340 e. The Morgan fingerprint density at radius 2 is 1.09 bits per heavy atom. The highest BCUT2D eigenvalue weighted by Gasteiger charge is 2.43. The summed E-state index contributed by atoms with van der Waals surface area (Å²) in [4.78, 5) is 93.1. The third-order valence-corrected chi connectivity index (χ3v) is 19.5. The summed E-state index contributed by atoms with van der Waals surface area (Å²) in [7, 11) is 0. The SMILES string of the molecule is C[C@@H]1CN(CC(=O)N2CC(C)(C)c3[nH]c(=O)c(Cc4ccc(F)cc4)cc32)[C@@H](CN2CCN(CCc3cn(CCCC(=O)N4CCN(C[C@H]5CN[C@H](C)CN5CC(=O)N5CC(C)(C)c6[nH]c(=O)c(Cc7ccc(F)cc7)cc65)[C@H](C)C4)nn3)C[C@H]2C)CN1. The first-order chi connectivity index (χ1) is 42.0. The molecule has 6 aliphatic heterocycles. The Bertz CT molecular complexity index is 3420. The lowest BCUT2D eigenvalue weighted by molar-refractivity contribution is -0.134. The summed E-state index contributed by atoms with van der Waals surface area (Å²) in [6, 6.07) is 17.2. The predicted molar refractivity (Wildman–Crippen MR) is 337 cm³/mol. The molecule has 6 aliphatic rings. The molecule has 6 atom stereocenters. The van der Waals surface area contributed by atoms with Gasteiger partial charge in [-0.1, -0.05) is 57.2 Å². The number of pyridine rings is 2. The van der Waals surface area contributed by atoms with E-state index in [1.165, 1.54) is 24.3 Å². The fourth-order valence-electron chi connectivity index (χ4n) is 14.3. The van der Waals surface area contributed by atoms with Crippen LogP contribution in [0.4, 0.5) is 20.2 Å². The van der Waals surface area contributed by atoms with Crippen molar-refractivity contribution in [1.29, 1.82) is 0 Å². The molecule has 11 rings (SSSR count). The number of nitrogens with one attached hydrogen (secondary N) is 4. The number of aromatic nitrogens is 5. The summed E-state index contributed by atoms with van der Waals surface area (Å²) in [5, 5.41) is 16.3. The third-order valence-electron chi connectivity index (χ3n) is 19.5. The first-order valence-corrected chi connectivity index (χ1v) is 32.0. The number of carbonyl (C=O) groups is 3. The number of rotatable bonds is 19. The Kier molecular flexibility index (Phi) is 19.0. The van der Waals surface area contributed by atoms with Crippen LogP contribution in [0.5, 0.6) is 0 Å². The van der Waals surface area contributed by atoms with E-state index in [-0.39, 0.29) is 83.8 Å². The first kappa shape index (κ1) is 63.1. The average molecular weight is 1210 g/mol. The maximum absolute atomic E-state index is 14.4. The zero-order chi connectivity index (χ0) is 62.2. The predicted octanol–water partition coefficient (Wildman–Crippen LogP) is 3.95. The molecular weight excluding hydrogens is 1120 g/mol. The van der Waals surface area contributed by atoms with Gasteiger partial charge in [0.2, 0.25) is 17.7 Å². The standard InChI is InChI=1S/C66H91F2N15O5/c1-43-32-79(39-59(85)82-41-65(5,6)61-56(82)28-49(63(87)71-61)26-47-11-15-51(67)16-12-47)54(30-69-43)37-76-23-22-75(34-45(76)3)21-19-53-36-81(74-73-53)20-9-10-58(84)78-25-24-77(46(4)35-78)38-55-31-70-44(2)33-80(55)40-60(86)83-42-66(7,8)62-57(83)29-50(64(88)72-62)27-48-13-17-52(68)18-14-48/h11-18,28-29,36,43-46,54-55,69-70H,9-10,19-27,30-35,37-42H2,1-8H3,(H,71,87)(H,72,88)/t43-,44-,45-,46-,54-,55-/m1/s1. The van der Waals surface area contributed by atoms with Gasteiger partial charge in [-0.05, 0) is 81.6 Å². The molecule has 0 unspecified atom stereocenters. The highest BCUT2D eigenvalue weighted by atomic mass is 19.1. The molecule has 9 heterocycles. The number of H-pyrrole nitrogens is 2. The van der Waals surface area contributed by atoms with Crippen LogP contribution in [0.2, 0.25) is 0 Å². The summed E-state index contributed by atoms with van der Waals surface area (Å²) in [6.45, 7) is 29.4. The molecule has 2 aromatic carbocycles. The molecule has 0 bridgehead atoms. The molecule has 20 nitrogen and oxygen atoms in total. The molecule has 0 saturated carbocycles. The molecular formula is C66H91F2N15O5. The van der Waals surface area contributed by atoms with Crippen molar-refractivity contribution in [3.05, 3.63) is 139 Å². The van der Waals surface area contributed by atoms with Crippen LogP contribution < -0.4 is 31.6 Å². The second-order valence-corrected chi connectivity index (χ2v) is 27.5. The van der Waals surface area contributed by atoms with Gasteiger partial charge in [-0.15, -0.1) is 5.10 Å². The van der Waals surface area contributed by atoms with Crippen molar-refractivity contribution in [1.82, 2.24) is 65.0 Å². The van der Waals surface area contributed by atoms with E-state index in [0.29, 0.717) is 75.6 Å². The quantitative estimate of drug-likeness (QED) is 0.0928. The molecule has 5 aromatic rings. The number of piperazine rings is 4. The van der Waals surface area contributed by atoms with Crippen LogP contribution in [-0.2, 0) is 51.0 Å². The number of nitrogens with zero attached hydrogens (tertiary/aromatic N) is 11. The normalized spacial score (nSPS) is 24.5. The second-order valence-electron chi connectivity index (χ2n) is 27.5. The molecule has 88 heavy (non-hydrogen) atoms. The van der Waals surface area contributed by atoms with Crippen LogP contribution in [0.1, 0.15) is 108 Å². The maximum atomic E-state index is 14.4. The van der Waals surface area contributed by atoms with E-state index in [1.54, 1.807) is 24.3 Å². The Morgan fingerprint density at radius 3 is 1.58 bits per heavy atom. The van der Waals surface area contributed by atoms with E-state index in [0.717, 1.165) is 118 Å². The lowest BCUT2D eigenvalue weighted by atomic mass is 9.91. The van der Waals surface area contributed by atoms with Crippen molar-refractivity contribution < 1.29 is 23.2 Å². The van der Waals surface area contributed by atoms with Crippen LogP contribution in [0.25, 0.3) is 0 Å². The van der Waals surface area contributed by atoms with Gasteiger partial charge in [0.05, 0.1) is 30.2 Å². The minimum absolute atomic E-state index is 0.00768. The number of halogens is 2. The van der Waals surface area contributed by atoms with Crippen molar-refractivity contribution in [3.63, 3.8) is 0 Å². The number of fused-ring (bicyclic) bond motifs is 2. The zero-order valence-corrected chi connectivity index (χ0v) is 52.8. The van der Waals surface area contributed by atoms with Gasteiger partial charge in [0.15, 0.2) is 0 Å². The minimum atomic E-state index is -0.439. The van der Waals surface area contributed by atoms with E-state index in [9.17, 15) is 32.8 Å². The van der Waals surface area contributed by atoms with Gasteiger partial charge in [0, 0.05) is 206 Å². The summed E-state index contributed by atoms with van der Waals surface area (Å²) in [5.74, 6) is -0.495. The van der Waals surface area contributed by atoms with Gasteiger partial charge in [0.25, 0.3) is 11.1 Å². The number of anilines is 2. The van der Waals surface area contributed by atoms with Crippen molar-refractivity contribution in [3.8, 4) is 0 Å². The van der Waals surface area contributed by atoms with E-state index < -0.39 is 10.8 Å². The molecule has 3 aromatic heterocycles. The Morgan fingerprint density at radius 1 is 0.602 bits per heavy atom. The van der Waals surface area contributed by atoms with Gasteiger partial charge < -0.3 is 40.2 Å². The summed E-state index contributed by atoms with van der Waals surface area (Å²) in [6.07, 6.45) is 4.58. The molecule has 4 saturated heterocycles. The summed E-state index contributed by atoms with van der Waals surface area (Å²) in [5.41, 5.74) is 5.43. The smallest absolute Gasteiger partial charge is 0.251 e. The average Bonchev–Trinajstić information content (AvgIpc) is 1.95. The Hall–Kier alpha value is -6.53. The molecule has 0 aliphatic carbocycles. The highest BCUT2D eigenvalue weighted by molar-refractivity contribution is 5.98. The van der Waals surface area contributed by atoms with Crippen molar-refractivity contribution in [2.45, 2.75) is 141 Å². The second kappa shape index (κ2) is 26.5. The topological polar surface area (TPSA) is 198 Å². The number of hydrogen-bond acceptors (Lipinski definition) is 14. The van der Waals surface area contributed by atoms with E-state index in [2.05, 4.69) is 97.0 Å². The summed E-state index contributed by atoms with van der Waals surface area (Å²) < 4.78 is 29.2. The van der Waals surface area contributed by atoms with Crippen LogP contribution in [0.15, 0.2) is 76.4 Å². The van der Waals surface area contributed by atoms with Crippen LogP contribution >= 0.6 is 0 Å². The first-order valence-electron chi connectivity index (χ1n) is 32.0. The van der Waals surface area contributed by atoms with Crippen molar-refractivity contribution in [2.24, 2.45) is 0 Å². The number of carbonyl (C=O) groups excluding carboxylic acids is 3. The Balaban J connectivity index is 0.606.